The van der Waals surface area contributed by atoms with Crippen LogP contribution in [0, 0.1) is 17.2 Å². The molecule has 0 aromatic heterocycles. The maximum Gasteiger partial charge on any atom is 0.0916 e. The van der Waals surface area contributed by atoms with Crippen molar-refractivity contribution >= 4 is 0 Å². The minimum Gasteiger partial charge on any atom is -0.387 e. The molecule has 0 aliphatic heterocycles. The summed E-state index contributed by atoms with van der Waals surface area (Å²) in [7, 11) is 0. The summed E-state index contributed by atoms with van der Waals surface area (Å²) in [5, 5.41) is 18.9. The lowest BCUT2D eigenvalue weighted by Gasteiger charge is -2.25. The van der Waals surface area contributed by atoms with E-state index in [-0.39, 0.29) is 0 Å². The molecule has 0 bridgehead atoms. The summed E-state index contributed by atoms with van der Waals surface area (Å²) in [6.45, 7) is 6.64. The first-order valence-electron chi connectivity index (χ1n) is 6.95. The molecule has 104 valence electrons. The Morgan fingerprint density at radius 2 is 1.89 bits per heavy atom. The van der Waals surface area contributed by atoms with E-state index in [4.69, 9.17) is 5.26 Å². The third-order valence-electron chi connectivity index (χ3n) is 3.18. The minimum atomic E-state index is -0.480. The van der Waals surface area contributed by atoms with E-state index < -0.39 is 6.10 Å². The van der Waals surface area contributed by atoms with Crippen LogP contribution >= 0.6 is 0 Å². The monoisotopic (exact) mass is 260 g/mol. The summed E-state index contributed by atoms with van der Waals surface area (Å²) in [5.74, 6) is 0.637. The molecule has 1 N–H and O–H groups in total. The summed E-state index contributed by atoms with van der Waals surface area (Å²) in [6, 6.07) is 11.9. The van der Waals surface area contributed by atoms with Crippen LogP contribution in [0.4, 0.5) is 0 Å². The number of rotatable bonds is 8. The molecule has 1 rings (SSSR count). The second kappa shape index (κ2) is 8.68. The molecule has 0 saturated heterocycles. The van der Waals surface area contributed by atoms with Crippen molar-refractivity contribution in [2.45, 2.75) is 32.8 Å². The van der Waals surface area contributed by atoms with Gasteiger partial charge in [-0.25, -0.2) is 0 Å². The van der Waals surface area contributed by atoms with E-state index >= 15 is 0 Å². The van der Waals surface area contributed by atoms with Crippen molar-refractivity contribution in [1.29, 1.82) is 5.26 Å². The van der Waals surface area contributed by atoms with Gasteiger partial charge in [0.1, 0.15) is 0 Å². The summed E-state index contributed by atoms with van der Waals surface area (Å²) < 4.78 is 0. The maximum absolute atomic E-state index is 10.2. The fourth-order valence-corrected chi connectivity index (χ4v) is 1.97. The van der Waals surface area contributed by atoms with Gasteiger partial charge >= 0.3 is 0 Å². The normalized spacial score (nSPS) is 12.6. The zero-order valence-electron chi connectivity index (χ0n) is 11.9. The Morgan fingerprint density at radius 1 is 1.21 bits per heavy atom. The molecule has 0 aliphatic carbocycles. The predicted molar refractivity (Wildman–Crippen MR) is 77.5 cm³/mol. The van der Waals surface area contributed by atoms with Crippen LogP contribution in [0.25, 0.3) is 0 Å². The Hall–Kier alpha value is -1.37. The van der Waals surface area contributed by atoms with Gasteiger partial charge in [0.05, 0.1) is 12.2 Å². The highest BCUT2D eigenvalue weighted by molar-refractivity contribution is 5.17. The Bertz CT molecular complexity index is 383. The number of benzene rings is 1. The van der Waals surface area contributed by atoms with Gasteiger partial charge in [-0.2, -0.15) is 5.26 Å². The van der Waals surface area contributed by atoms with Crippen LogP contribution in [0.3, 0.4) is 0 Å². The molecule has 1 aromatic rings. The summed E-state index contributed by atoms with van der Waals surface area (Å²) in [6.07, 6.45) is 1.12. The Labute approximate surface area is 116 Å². The molecule has 0 amide bonds. The van der Waals surface area contributed by atoms with E-state index in [0.717, 1.165) is 25.1 Å². The number of hydrogen-bond donors (Lipinski definition) is 1. The number of hydrogen-bond acceptors (Lipinski definition) is 3. The van der Waals surface area contributed by atoms with Gasteiger partial charge in [0.15, 0.2) is 0 Å². The molecular weight excluding hydrogens is 236 g/mol. The number of aliphatic hydroxyl groups is 1. The van der Waals surface area contributed by atoms with E-state index in [0.29, 0.717) is 18.9 Å². The molecule has 0 saturated carbocycles. The lowest BCUT2D eigenvalue weighted by molar-refractivity contribution is 0.111. The van der Waals surface area contributed by atoms with E-state index in [9.17, 15) is 5.11 Å². The van der Waals surface area contributed by atoms with Gasteiger partial charge < -0.3 is 5.11 Å². The van der Waals surface area contributed by atoms with Crippen LogP contribution in [0.15, 0.2) is 30.3 Å². The fourth-order valence-electron chi connectivity index (χ4n) is 1.97. The van der Waals surface area contributed by atoms with Crippen LogP contribution in [-0.4, -0.2) is 29.6 Å². The highest BCUT2D eigenvalue weighted by atomic mass is 16.3. The first kappa shape index (κ1) is 15.7. The van der Waals surface area contributed by atoms with Crippen molar-refractivity contribution < 1.29 is 5.11 Å². The second-order valence-corrected chi connectivity index (χ2v) is 5.32. The van der Waals surface area contributed by atoms with Crippen molar-refractivity contribution in [1.82, 2.24) is 4.90 Å². The number of nitrogens with zero attached hydrogens (tertiary/aromatic N) is 2. The lowest BCUT2D eigenvalue weighted by atomic mass is 10.1. The van der Waals surface area contributed by atoms with Crippen LogP contribution in [0.1, 0.15) is 38.4 Å². The highest BCUT2D eigenvalue weighted by Crippen LogP contribution is 2.14. The maximum atomic E-state index is 10.2. The molecule has 0 heterocycles. The second-order valence-electron chi connectivity index (χ2n) is 5.32. The number of nitriles is 1. The summed E-state index contributed by atoms with van der Waals surface area (Å²) in [5.41, 5.74) is 0.939. The SMILES string of the molecule is CC(C)CCN(CCC#N)CC(O)c1ccccc1. The standard InChI is InChI=1S/C16H24N2O/c1-14(2)9-12-18(11-6-10-17)13-16(19)15-7-4-3-5-8-15/h3-5,7-8,14,16,19H,6,9,11-13H2,1-2H3. The van der Waals surface area contributed by atoms with Gasteiger partial charge in [0, 0.05) is 19.5 Å². The quantitative estimate of drug-likeness (QED) is 0.781. The van der Waals surface area contributed by atoms with Gasteiger partial charge in [0.25, 0.3) is 0 Å². The predicted octanol–water partition coefficient (Wildman–Crippen LogP) is 2.98. The van der Waals surface area contributed by atoms with E-state index in [2.05, 4.69) is 24.8 Å². The molecule has 1 atom stereocenters. The van der Waals surface area contributed by atoms with Crippen molar-refractivity contribution in [2.75, 3.05) is 19.6 Å². The lowest BCUT2D eigenvalue weighted by Crippen LogP contribution is -2.31. The summed E-state index contributed by atoms with van der Waals surface area (Å²) in [4.78, 5) is 2.18. The van der Waals surface area contributed by atoms with Crippen molar-refractivity contribution in [3.63, 3.8) is 0 Å². The average molecular weight is 260 g/mol. The third kappa shape index (κ3) is 6.37. The van der Waals surface area contributed by atoms with E-state index in [1.165, 1.54) is 0 Å². The van der Waals surface area contributed by atoms with Crippen molar-refractivity contribution in [3.05, 3.63) is 35.9 Å². The first-order chi connectivity index (χ1) is 9.13. The minimum absolute atomic E-state index is 0.480. The van der Waals surface area contributed by atoms with E-state index in [1.54, 1.807) is 0 Å². The van der Waals surface area contributed by atoms with E-state index in [1.807, 2.05) is 30.3 Å². The molecule has 0 fully saturated rings. The largest absolute Gasteiger partial charge is 0.387 e. The van der Waals surface area contributed by atoms with Crippen molar-refractivity contribution in [3.8, 4) is 6.07 Å². The molecule has 19 heavy (non-hydrogen) atoms. The highest BCUT2D eigenvalue weighted by Gasteiger charge is 2.13. The third-order valence-corrected chi connectivity index (χ3v) is 3.18. The molecule has 1 unspecified atom stereocenters. The van der Waals surface area contributed by atoms with Crippen LogP contribution in [0.5, 0.6) is 0 Å². The Balaban J connectivity index is 2.53. The van der Waals surface area contributed by atoms with Crippen LogP contribution < -0.4 is 0 Å². The molecule has 0 aliphatic rings. The molecule has 0 radical (unpaired) electrons. The van der Waals surface area contributed by atoms with Gasteiger partial charge in [-0.3, -0.25) is 4.90 Å². The smallest absolute Gasteiger partial charge is 0.0916 e. The summed E-state index contributed by atoms with van der Waals surface area (Å²) >= 11 is 0. The number of aliphatic hydroxyl groups excluding tert-OH is 1. The zero-order chi connectivity index (χ0) is 14.1. The molecular formula is C16H24N2O. The van der Waals surface area contributed by atoms with Gasteiger partial charge in [-0.15, -0.1) is 0 Å². The molecule has 0 spiro atoms. The average Bonchev–Trinajstić information content (AvgIpc) is 2.42. The van der Waals surface area contributed by atoms with Crippen molar-refractivity contribution in [2.24, 2.45) is 5.92 Å². The molecule has 3 nitrogen and oxygen atoms in total. The van der Waals surface area contributed by atoms with Crippen LogP contribution in [-0.2, 0) is 0 Å². The fraction of sp³-hybridized carbons (Fsp3) is 0.562. The first-order valence-corrected chi connectivity index (χ1v) is 6.95. The zero-order valence-corrected chi connectivity index (χ0v) is 11.9. The molecule has 3 heteroatoms. The van der Waals surface area contributed by atoms with Gasteiger partial charge in [0.2, 0.25) is 0 Å². The Kier molecular flexibility index (Phi) is 7.17. The van der Waals surface area contributed by atoms with Gasteiger partial charge in [-0.1, -0.05) is 44.2 Å². The van der Waals surface area contributed by atoms with Gasteiger partial charge in [-0.05, 0) is 24.4 Å². The Morgan fingerprint density at radius 3 is 2.47 bits per heavy atom. The molecule has 1 aromatic carbocycles. The topological polar surface area (TPSA) is 47.3 Å². The van der Waals surface area contributed by atoms with Crippen LogP contribution in [0.2, 0.25) is 0 Å².